The van der Waals surface area contributed by atoms with E-state index in [0.717, 1.165) is 32.4 Å². The molecule has 0 aromatic carbocycles. The molecule has 1 saturated carbocycles. The quantitative estimate of drug-likeness (QED) is 0.779. The second kappa shape index (κ2) is 5.20. The highest BCUT2D eigenvalue weighted by Gasteiger charge is 2.37. The van der Waals surface area contributed by atoms with E-state index in [4.69, 9.17) is 5.73 Å². The van der Waals surface area contributed by atoms with E-state index in [1.807, 2.05) is 0 Å². The van der Waals surface area contributed by atoms with Gasteiger partial charge in [0.1, 0.15) is 0 Å². The molecule has 2 fully saturated rings. The number of nitrogens with zero attached hydrogens (tertiary/aromatic N) is 1. The van der Waals surface area contributed by atoms with Crippen LogP contribution in [-0.4, -0.2) is 29.9 Å². The molecule has 2 aliphatic rings. The van der Waals surface area contributed by atoms with E-state index >= 15 is 0 Å². The number of likely N-dealkylation sites (tertiary alicyclic amines) is 1. The average Bonchev–Trinajstić information content (AvgIpc) is 2.30. The molecule has 2 rings (SSSR count). The maximum Gasteiger partial charge on any atom is 0.227 e. The zero-order chi connectivity index (χ0) is 13.3. The van der Waals surface area contributed by atoms with Crippen LogP contribution in [0.1, 0.15) is 52.9 Å². The van der Waals surface area contributed by atoms with Gasteiger partial charge in [-0.05, 0) is 37.0 Å². The molecule has 3 atom stereocenters. The Morgan fingerprint density at radius 3 is 2.67 bits per heavy atom. The number of hydrogen-bond acceptors (Lipinski definition) is 2. The number of carbonyl (C=O) groups is 1. The SMILES string of the molecule is CC1CCCC(C(=O)N2CCCC(C)(C)C2)C1N. The van der Waals surface area contributed by atoms with Crippen molar-refractivity contribution in [1.82, 2.24) is 4.90 Å². The summed E-state index contributed by atoms with van der Waals surface area (Å²) in [6.07, 6.45) is 5.68. The smallest absolute Gasteiger partial charge is 0.227 e. The van der Waals surface area contributed by atoms with E-state index < -0.39 is 0 Å². The van der Waals surface area contributed by atoms with E-state index in [1.165, 1.54) is 12.8 Å². The maximum atomic E-state index is 12.6. The van der Waals surface area contributed by atoms with Crippen LogP contribution in [0.4, 0.5) is 0 Å². The van der Waals surface area contributed by atoms with Crippen LogP contribution in [-0.2, 0) is 4.79 Å². The molecule has 2 N–H and O–H groups in total. The van der Waals surface area contributed by atoms with Crippen LogP contribution in [0.25, 0.3) is 0 Å². The summed E-state index contributed by atoms with van der Waals surface area (Å²) in [4.78, 5) is 14.7. The second-order valence-electron chi connectivity index (χ2n) is 7.12. The molecule has 1 aliphatic carbocycles. The van der Waals surface area contributed by atoms with Crippen LogP contribution < -0.4 is 5.73 Å². The molecule has 1 amide bonds. The number of nitrogens with two attached hydrogens (primary N) is 1. The molecule has 1 heterocycles. The van der Waals surface area contributed by atoms with E-state index in [0.29, 0.717) is 11.8 Å². The lowest BCUT2D eigenvalue weighted by Gasteiger charge is -2.42. The van der Waals surface area contributed by atoms with Gasteiger partial charge in [-0.15, -0.1) is 0 Å². The normalized spacial score (nSPS) is 36.4. The highest BCUT2D eigenvalue weighted by molar-refractivity contribution is 5.80. The van der Waals surface area contributed by atoms with Crippen molar-refractivity contribution in [3.8, 4) is 0 Å². The van der Waals surface area contributed by atoms with Gasteiger partial charge < -0.3 is 10.6 Å². The van der Waals surface area contributed by atoms with Gasteiger partial charge in [-0.25, -0.2) is 0 Å². The fourth-order valence-corrected chi connectivity index (χ4v) is 3.58. The molecular formula is C15H28N2O. The molecular weight excluding hydrogens is 224 g/mol. The third kappa shape index (κ3) is 2.87. The number of hydrogen-bond donors (Lipinski definition) is 1. The summed E-state index contributed by atoms with van der Waals surface area (Å²) in [6.45, 7) is 8.54. The Hall–Kier alpha value is -0.570. The lowest BCUT2D eigenvalue weighted by atomic mass is 9.76. The molecule has 0 radical (unpaired) electrons. The molecule has 18 heavy (non-hydrogen) atoms. The Bertz CT molecular complexity index is 314. The Labute approximate surface area is 111 Å². The van der Waals surface area contributed by atoms with Crippen molar-refractivity contribution in [2.45, 2.75) is 58.9 Å². The van der Waals surface area contributed by atoms with Crippen molar-refractivity contribution in [3.05, 3.63) is 0 Å². The van der Waals surface area contributed by atoms with Crippen LogP contribution in [0, 0.1) is 17.3 Å². The molecule has 104 valence electrons. The van der Waals surface area contributed by atoms with Gasteiger partial charge in [0.05, 0.1) is 5.92 Å². The van der Waals surface area contributed by atoms with Crippen LogP contribution in [0.15, 0.2) is 0 Å². The molecule has 0 spiro atoms. The minimum Gasteiger partial charge on any atom is -0.342 e. The Balaban J connectivity index is 2.02. The average molecular weight is 252 g/mol. The fourth-order valence-electron chi connectivity index (χ4n) is 3.58. The lowest BCUT2D eigenvalue weighted by Crippen LogP contribution is -2.52. The van der Waals surface area contributed by atoms with Crippen LogP contribution in [0.2, 0.25) is 0 Å². The van der Waals surface area contributed by atoms with Gasteiger partial charge in [0.2, 0.25) is 5.91 Å². The van der Waals surface area contributed by atoms with Crippen molar-refractivity contribution < 1.29 is 4.79 Å². The minimum atomic E-state index is 0.0660. The predicted octanol–water partition coefficient (Wildman–Crippen LogP) is 2.40. The lowest BCUT2D eigenvalue weighted by molar-refractivity contribution is -0.140. The zero-order valence-electron chi connectivity index (χ0n) is 12.1. The number of rotatable bonds is 1. The van der Waals surface area contributed by atoms with E-state index in [1.54, 1.807) is 0 Å². The first-order valence-corrected chi connectivity index (χ1v) is 7.45. The van der Waals surface area contributed by atoms with Gasteiger partial charge in [0.15, 0.2) is 0 Å². The third-order valence-electron chi connectivity index (χ3n) is 4.83. The van der Waals surface area contributed by atoms with Gasteiger partial charge in [0.25, 0.3) is 0 Å². The van der Waals surface area contributed by atoms with Crippen molar-refractivity contribution >= 4 is 5.91 Å². The molecule has 3 unspecified atom stereocenters. The Kier molecular flexibility index (Phi) is 4.00. The van der Waals surface area contributed by atoms with Crippen LogP contribution >= 0.6 is 0 Å². The van der Waals surface area contributed by atoms with Gasteiger partial charge in [0, 0.05) is 19.1 Å². The van der Waals surface area contributed by atoms with Gasteiger partial charge in [-0.1, -0.05) is 27.2 Å². The summed E-state index contributed by atoms with van der Waals surface area (Å²) >= 11 is 0. The standard InChI is InChI=1S/C15H28N2O/c1-11-6-4-7-12(13(11)16)14(18)17-9-5-8-15(2,3)10-17/h11-13H,4-10,16H2,1-3H3. The summed E-state index contributed by atoms with van der Waals surface area (Å²) in [5, 5.41) is 0. The molecule has 0 aromatic heterocycles. The topological polar surface area (TPSA) is 46.3 Å². The molecule has 0 bridgehead atoms. The predicted molar refractivity (Wildman–Crippen MR) is 74.1 cm³/mol. The largest absolute Gasteiger partial charge is 0.342 e. The molecule has 0 aromatic rings. The van der Waals surface area contributed by atoms with Crippen LogP contribution in [0.3, 0.4) is 0 Å². The first-order valence-electron chi connectivity index (χ1n) is 7.45. The maximum absolute atomic E-state index is 12.6. The second-order valence-corrected chi connectivity index (χ2v) is 7.12. The Morgan fingerprint density at radius 2 is 2.00 bits per heavy atom. The van der Waals surface area contributed by atoms with E-state index in [9.17, 15) is 4.79 Å². The highest BCUT2D eigenvalue weighted by Crippen LogP contribution is 2.33. The minimum absolute atomic E-state index is 0.0660. The fraction of sp³-hybridized carbons (Fsp3) is 0.933. The molecule has 3 heteroatoms. The van der Waals surface area contributed by atoms with E-state index in [-0.39, 0.29) is 17.4 Å². The van der Waals surface area contributed by atoms with E-state index in [2.05, 4.69) is 25.7 Å². The number of carbonyl (C=O) groups excluding carboxylic acids is 1. The van der Waals surface area contributed by atoms with Crippen molar-refractivity contribution in [1.29, 1.82) is 0 Å². The van der Waals surface area contributed by atoms with Crippen molar-refractivity contribution in [3.63, 3.8) is 0 Å². The van der Waals surface area contributed by atoms with Crippen molar-refractivity contribution in [2.75, 3.05) is 13.1 Å². The van der Waals surface area contributed by atoms with Gasteiger partial charge in [-0.3, -0.25) is 4.79 Å². The summed E-state index contributed by atoms with van der Waals surface area (Å²) in [7, 11) is 0. The monoisotopic (exact) mass is 252 g/mol. The number of amides is 1. The van der Waals surface area contributed by atoms with Crippen molar-refractivity contribution in [2.24, 2.45) is 23.0 Å². The Morgan fingerprint density at radius 1 is 1.28 bits per heavy atom. The summed E-state index contributed by atoms with van der Waals surface area (Å²) in [5.74, 6) is 0.884. The summed E-state index contributed by atoms with van der Waals surface area (Å²) in [5.41, 5.74) is 6.53. The summed E-state index contributed by atoms with van der Waals surface area (Å²) < 4.78 is 0. The highest BCUT2D eigenvalue weighted by atomic mass is 16.2. The molecule has 3 nitrogen and oxygen atoms in total. The van der Waals surface area contributed by atoms with Crippen LogP contribution in [0.5, 0.6) is 0 Å². The van der Waals surface area contributed by atoms with Gasteiger partial charge >= 0.3 is 0 Å². The van der Waals surface area contributed by atoms with Gasteiger partial charge in [-0.2, -0.15) is 0 Å². The first kappa shape index (κ1) is 13.9. The first-order chi connectivity index (χ1) is 8.41. The summed E-state index contributed by atoms with van der Waals surface area (Å²) in [6, 6.07) is 0.0660. The molecule has 1 saturated heterocycles. The third-order valence-corrected chi connectivity index (χ3v) is 4.83. The number of piperidine rings is 1. The zero-order valence-corrected chi connectivity index (χ0v) is 12.1. The molecule has 1 aliphatic heterocycles.